The number of carboxylic acids is 1. The number of aliphatic hydroxyl groups is 1. The standard InChI is InChI=1S/C8H13NO5S.C7H8O/c10-6-8(7(11)12)4-2-1-3-5-9(8)15(13)14;1-8-7-5-3-2-4-6-7/h10H,1-6H2;2-6H,1H3/p+1. The fourth-order valence-corrected chi connectivity index (χ4v) is 3.19. The van der Waals surface area contributed by atoms with Gasteiger partial charge in [-0.3, -0.25) is 0 Å². The molecule has 0 amide bonds. The van der Waals surface area contributed by atoms with Crippen LogP contribution in [0.15, 0.2) is 30.3 Å². The molecule has 0 aliphatic carbocycles. The van der Waals surface area contributed by atoms with Crippen LogP contribution in [0.25, 0.3) is 0 Å². The van der Waals surface area contributed by atoms with Gasteiger partial charge >= 0.3 is 16.5 Å². The molecule has 1 heterocycles. The van der Waals surface area contributed by atoms with Crippen molar-refractivity contribution in [1.82, 2.24) is 0 Å². The molecular weight excluding hydrogens is 322 g/mol. The number of carbonyl (C=O) groups is 1. The van der Waals surface area contributed by atoms with Gasteiger partial charge in [-0.1, -0.05) is 22.1 Å². The van der Waals surface area contributed by atoms with Gasteiger partial charge in [0.05, 0.1) is 7.11 Å². The van der Waals surface area contributed by atoms with E-state index in [1.165, 1.54) is 0 Å². The molecule has 1 aliphatic rings. The van der Waals surface area contributed by atoms with E-state index in [9.17, 15) is 13.2 Å². The van der Waals surface area contributed by atoms with E-state index in [0.29, 0.717) is 12.8 Å². The summed E-state index contributed by atoms with van der Waals surface area (Å²) in [6.07, 6.45) is 2.18. The highest BCUT2D eigenvalue weighted by Crippen LogP contribution is 2.24. The van der Waals surface area contributed by atoms with E-state index >= 15 is 0 Å². The van der Waals surface area contributed by atoms with Crippen molar-refractivity contribution >= 4 is 16.5 Å². The monoisotopic (exact) mass is 344 g/mol. The SMILES string of the molecule is COc1ccccc1.O=C(O)C1(CO)CCCCC[N+]1=S(=O)=O. The van der Waals surface area contributed by atoms with E-state index in [1.807, 2.05) is 30.3 Å². The fourth-order valence-electron chi connectivity index (χ4n) is 2.40. The number of para-hydroxylation sites is 1. The van der Waals surface area contributed by atoms with Gasteiger partial charge in [0.1, 0.15) is 12.4 Å². The van der Waals surface area contributed by atoms with Crippen LogP contribution in [0, 0.1) is 0 Å². The Morgan fingerprint density at radius 2 is 1.91 bits per heavy atom. The average molecular weight is 344 g/mol. The van der Waals surface area contributed by atoms with Crippen LogP contribution in [0.3, 0.4) is 0 Å². The average Bonchev–Trinajstić information content (AvgIpc) is 2.79. The summed E-state index contributed by atoms with van der Waals surface area (Å²) in [5.41, 5.74) is -1.66. The lowest BCUT2D eigenvalue weighted by atomic mass is 9.95. The van der Waals surface area contributed by atoms with Crippen molar-refractivity contribution in [2.45, 2.75) is 31.2 Å². The Bertz CT molecular complexity index is 635. The Hall–Kier alpha value is -1.93. The normalized spacial score (nSPS) is 20.7. The number of hydrogen-bond acceptors (Lipinski definition) is 5. The largest absolute Gasteiger partial charge is 0.497 e. The van der Waals surface area contributed by atoms with Crippen LogP contribution < -0.4 is 4.74 Å². The zero-order valence-electron chi connectivity index (χ0n) is 13.0. The van der Waals surface area contributed by atoms with Gasteiger partial charge in [0.15, 0.2) is 6.54 Å². The Kier molecular flexibility index (Phi) is 7.70. The zero-order valence-corrected chi connectivity index (χ0v) is 13.8. The van der Waals surface area contributed by atoms with Crippen molar-refractivity contribution in [3.05, 3.63) is 30.3 Å². The molecule has 2 N–H and O–H groups in total. The molecule has 8 heteroatoms. The highest BCUT2D eigenvalue weighted by atomic mass is 32.2. The molecule has 1 aromatic carbocycles. The molecule has 1 atom stereocenters. The number of benzene rings is 1. The first-order valence-corrected chi connectivity index (χ1v) is 8.31. The van der Waals surface area contributed by atoms with E-state index in [1.54, 1.807) is 7.11 Å². The van der Waals surface area contributed by atoms with E-state index in [0.717, 1.165) is 16.1 Å². The smallest absolute Gasteiger partial charge is 0.460 e. The van der Waals surface area contributed by atoms with Gasteiger partial charge < -0.3 is 14.9 Å². The first kappa shape index (κ1) is 19.1. The molecule has 0 bridgehead atoms. The summed E-state index contributed by atoms with van der Waals surface area (Å²) < 4.78 is 27.6. The van der Waals surface area contributed by atoms with Gasteiger partial charge in [0.2, 0.25) is 0 Å². The zero-order chi connectivity index (χ0) is 17.3. The predicted octanol–water partition coefficient (Wildman–Crippen LogP) is 1.15. The summed E-state index contributed by atoms with van der Waals surface area (Å²) in [4.78, 5) is 11.1. The van der Waals surface area contributed by atoms with Crippen LogP contribution >= 0.6 is 0 Å². The number of rotatable bonds is 3. The molecule has 0 aromatic heterocycles. The molecule has 7 nitrogen and oxygen atoms in total. The number of hydrogen-bond donors (Lipinski definition) is 2. The summed E-state index contributed by atoms with van der Waals surface area (Å²) in [5, 5.41) is 18.2. The maximum atomic E-state index is 11.1. The molecule has 1 fully saturated rings. The number of methoxy groups -OCH3 is 1. The number of nitrogens with zero attached hydrogens (tertiary/aromatic N) is 1. The summed E-state index contributed by atoms with van der Waals surface area (Å²) >= 11 is 0. The molecule has 1 saturated heterocycles. The topological polar surface area (TPSA) is 104 Å². The van der Waals surface area contributed by atoms with E-state index in [-0.39, 0.29) is 13.0 Å². The molecule has 1 aliphatic heterocycles. The van der Waals surface area contributed by atoms with E-state index < -0.39 is 28.6 Å². The summed E-state index contributed by atoms with van der Waals surface area (Å²) in [6, 6.07) is 9.68. The second-order valence-electron chi connectivity index (χ2n) is 5.14. The molecule has 128 valence electrons. The van der Waals surface area contributed by atoms with E-state index in [2.05, 4.69) is 0 Å². The fraction of sp³-hybridized carbons (Fsp3) is 0.533. The van der Waals surface area contributed by atoms with Crippen LogP contribution in [0.1, 0.15) is 25.7 Å². The molecule has 2 rings (SSSR count). The minimum Gasteiger partial charge on any atom is -0.497 e. The van der Waals surface area contributed by atoms with Gasteiger partial charge in [-0.15, -0.1) is 8.42 Å². The van der Waals surface area contributed by atoms with Crippen molar-refractivity contribution in [1.29, 1.82) is 0 Å². The van der Waals surface area contributed by atoms with Crippen molar-refractivity contribution < 1.29 is 32.1 Å². The van der Waals surface area contributed by atoms with Crippen molar-refractivity contribution in [2.75, 3.05) is 20.3 Å². The number of carboxylic acid groups (broad SMARTS) is 1. The van der Waals surface area contributed by atoms with Crippen LogP contribution in [-0.4, -0.2) is 54.3 Å². The van der Waals surface area contributed by atoms with Crippen LogP contribution in [-0.2, 0) is 15.3 Å². The van der Waals surface area contributed by atoms with Crippen LogP contribution in [0.2, 0.25) is 0 Å². The third-order valence-corrected chi connectivity index (χ3v) is 4.64. The minimum absolute atomic E-state index is 0.156. The minimum atomic E-state index is -2.61. The lowest BCUT2D eigenvalue weighted by Crippen LogP contribution is -2.52. The molecule has 0 spiro atoms. The Labute approximate surface area is 136 Å². The lowest BCUT2D eigenvalue weighted by molar-refractivity contribution is -0.575. The molecular formula is C15H22NO6S+. The quantitative estimate of drug-likeness (QED) is 0.797. The van der Waals surface area contributed by atoms with Crippen LogP contribution in [0.4, 0.5) is 0 Å². The summed E-state index contributed by atoms with van der Waals surface area (Å²) in [6.45, 7) is -0.528. The first-order chi connectivity index (χ1) is 11.0. The van der Waals surface area contributed by atoms with Gasteiger partial charge in [0.25, 0.3) is 5.54 Å². The van der Waals surface area contributed by atoms with Crippen LogP contribution in [0.5, 0.6) is 5.75 Å². The van der Waals surface area contributed by atoms with Gasteiger partial charge in [-0.05, 0) is 25.0 Å². The molecule has 0 saturated carbocycles. The summed E-state index contributed by atoms with van der Waals surface area (Å²) in [5.74, 6) is -0.372. The van der Waals surface area contributed by atoms with Crippen molar-refractivity contribution in [3.63, 3.8) is 0 Å². The summed E-state index contributed by atoms with van der Waals surface area (Å²) in [7, 11) is -0.948. The highest BCUT2D eigenvalue weighted by Gasteiger charge is 2.51. The Morgan fingerprint density at radius 3 is 2.35 bits per heavy atom. The Morgan fingerprint density at radius 1 is 1.26 bits per heavy atom. The molecule has 0 radical (unpaired) electrons. The Balaban J connectivity index is 0.000000277. The first-order valence-electron chi connectivity index (χ1n) is 7.28. The van der Waals surface area contributed by atoms with Gasteiger partial charge in [-0.2, -0.15) is 0 Å². The van der Waals surface area contributed by atoms with E-state index in [4.69, 9.17) is 14.9 Å². The van der Waals surface area contributed by atoms with Gasteiger partial charge in [0, 0.05) is 12.8 Å². The predicted molar refractivity (Wildman–Crippen MR) is 83.0 cm³/mol. The second kappa shape index (κ2) is 9.26. The second-order valence-corrected chi connectivity index (χ2v) is 6.02. The highest BCUT2D eigenvalue weighted by molar-refractivity contribution is 7.59. The maximum Gasteiger partial charge on any atom is 0.460 e. The molecule has 1 aromatic rings. The molecule has 1 unspecified atom stereocenters. The third kappa shape index (κ3) is 5.04. The maximum absolute atomic E-state index is 11.1. The lowest BCUT2D eigenvalue weighted by Gasteiger charge is -2.19. The van der Waals surface area contributed by atoms with Gasteiger partial charge in [-0.25, -0.2) is 4.79 Å². The molecule has 23 heavy (non-hydrogen) atoms. The number of aliphatic carboxylic acids is 1. The third-order valence-electron chi connectivity index (χ3n) is 3.75. The van der Waals surface area contributed by atoms with Crippen molar-refractivity contribution in [3.8, 4) is 5.75 Å². The van der Waals surface area contributed by atoms with Crippen molar-refractivity contribution in [2.24, 2.45) is 0 Å². The number of aliphatic hydroxyl groups excluding tert-OH is 1. The number of ether oxygens (including phenoxy) is 1.